The SMILES string of the molecule is C=C(C)CN(Cc1ccccc1)[Si](C(C)C)(C(C)C)C(C)C. The van der Waals surface area contributed by atoms with Crippen LogP contribution in [0.1, 0.15) is 54.0 Å². The van der Waals surface area contributed by atoms with Gasteiger partial charge in [-0.05, 0) is 29.1 Å². The van der Waals surface area contributed by atoms with Crippen molar-refractivity contribution in [1.82, 2.24) is 4.57 Å². The molecule has 0 aliphatic carbocycles. The molecule has 0 heterocycles. The van der Waals surface area contributed by atoms with Crippen molar-refractivity contribution < 1.29 is 0 Å². The Bertz CT molecular complexity index is 440. The van der Waals surface area contributed by atoms with E-state index < -0.39 is 8.24 Å². The van der Waals surface area contributed by atoms with Crippen LogP contribution in [0.3, 0.4) is 0 Å². The first-order chi connectivity index (χ1) is 10.2. The second-order valence-corrected chi connectivity index (χ2v) is 13.5. The fourth-order valence-electron chi connectivity index (χ4n) is 4.55. The van der Waals surface area contributed by atoms with Crippen LogP contribution >= 0.6 is 0 Å². The summed E-state index contributed by atoms with van der Waals surface area (Å²) < 4.78 is 2.81. The highest BCUT2D eigenvalue weighted by Crippen LogP contribution is 2.44. The summed E-state index contributed by atoms with van der Waals surface area (Å²) in [6.07, 6.45) is 0. The van der Waals surface area contributed by atoms with Gasteiger partial charge in [0.1, 0.15) is 8.24 Å². The predicted octanol–water partition coefficient (Wildman–Crippen LogP) is 6.24. The van der Waals surface area contributed by atoms with Gasteiger partial charge in [0.2, 0.25) is 0 Å². The first kappa shape index (κ1) is 19.2. The number of hydrogen-bond acceptors (Lipinski definition) is 1. The van der Waals surface area contributed by atoms with Crippen molar-refractivity contribution in [2.24, 2.45) is 0 Å². The Labute approximate surface area is 139 Å². The first-order valence-corrected chi connectivity index (χ1v) is 10.8. The highest BCUT2D eigenvalue weighted by Gasteiger charge is 2.47. The van der Waals surface area contributed by atoms with Gasteiger partial charge in [-0.3, -0.25) is 0 Å². The highest BCUT2D eigenvalue weighted by molar-refractivity contribution is 6.80. The third-order valence-electron chi connectivity index (χ3n) is 5.00. The number of nitrogens with zero attached hydrogens (tertiary/aromatic N) is 1. The Morgan fingerprint density at radius 2 is 1.41 bits per heavy atom. The van der Waals surface area contributed by atoms with Crippen LogP contribution in [0.2, 0.25) is 16.6 Å². The Kier molecular flexibility index (Phi) is 7.08. The summed E-state index contributed by atoms with van der Waals surface area (Å²) in [5.41, 5.74) is 4.89. The molecule has 1 aromatic rings. The third kappa shape index (κ3) is 4.11. The lowest BCUT2D eigenvalue weighted by atomic mass is 10.2. The molecule has 0 saturated carbocycles. The maximum absolute atomic E-state index is 4.21. The van der Waals surface area contributed by atoms with Crippen LogP contribution in [0.25, 0.3) is 0 Å². The molecule has 0 spiro atoms. The molecular weight excluding hydrogens is 282 g/mol. The van der Waals surface area contributed by atoms with Gasteiger partial charge in [0.05, 0.1) is 0 Å². The lowest BCUT2D eigenvalue weighted by molar-refractivity contribution is 0.410. The van der Waals surface area contributed by atoms with E-state index in [0.717, 1.165) is 29.7 Å². The monoisotopic (exact) mass is 317 g/mol. The predicted molar refractivity (Wildman–Crippen MR) is 103 cm³/mol. The molecule has 0 atom stereocenters. The van der Waals surface area contributed by atoms with E-state index in [4.69, 9.17) is 0 Å². The van der Waals surface area contributed by atoms with E-state index in [1.165, 1.54) is 11.1 Å². The summed E-state index contributed by atoms with van der Waals surface area (Å²) in [5, 5.41) is 0. The quantitative estimate of drug-likeness (QED) is 0.405. The standard InChI is InChI=1S/C20H35NSi/c1-16(2)14-21(15-20-12-10-9-11-13-20)22(17(3)4,18(5)6)19(7)8/h9-13,17-19H,1,14-15H2,2-8H3. The molecule has 0 aromatic heterocycles. The van der Waals surface area contributed by atoms with E-state index >= 15 is 0 Å². The van der Waals surface area contributed by atoms with Gasteiger partial charge >= 0.3 is 0 Å². The zero-order valence-electron chi connectivity index (χ0n) is 15.7. The molecule has 0 fully saturated rings. The van der Waals surface area contributed by atoms with Gasteiger partial charge < -0.3 is 4.57 Å². The van der Waals surface area contributed by atoms with Gasteiger partial charge in [-0.1, -0.05) is 84.0 Å². The van der Waals surface area contributed by atoms with Gasteiger partial charge in [-0.25, -0.2) is 0 Å². The molecule has 124 valence electrons. The zero-order valence-corrected chi connectivity index (χ0v) is 16.7. The Hall–Kier alpha value is -0.863. The van der Waals surface area contributed by atoms with Crippen LogP contribution in [0.15, 0.2) is 42.5 Å². The summed E-state index contributed by atoms with van der Waals surface area (Å²) in [6, 6.07) is 10.9. The summed E-state index contributed by atoms with van der Waals surface area (Å²) in [6.45, 7) is 23.0. The minimum absolute atomic E-state index is 0.732. The van der Waals surface area contributed by atoms with Crippen molar-refractivity contribution in [2.75, 3.05) is 6.54 Å². The maximum atomic E-state index is 4.21. The van der Waals surface area contributed by atoms with Crippen molar-refractivity contribution in [3.05, 3.63) is 48.0 Å². The number of rotatable bonds is 8. The molecule has 1 nitrogen and oxygen atoms in total. The van der Waals surface area contributed by atoms with Crippen LogP contribution in [0.4, 0.5) is 0 Å². The summed E-state index contributed by atoms with van der Waals surface area (Å²) in [7, 11) is -1.63. The van der Waals surface area contributed by atoms with Gasteiger partial charge in [0.25, 0.3) is 0 Å². The molecular formula is C20H35NSi. The second-order valence-electron chi connectivity index (χ2n) is 7.65. The summed E-state index contributed by atoms with van der Waals surface area (Å²) in [5.74, 6) is 0. The topological polar surface area (TPSA) is 3.24 Å². The summed E-state index contributed by atoms with van der Waals surface area (Å²) in [4.78, 5) is 0. The van der Waals surface area contributed by atoms with E-state index in [-0.39, 0.29) is 0 Å². The molecule has 0 aliphatic rings. The zero-order chi connectivity index (χ0) is 16.9. The lowest BCUT2D eigenvalue weighted by Gasteiger charge is -2.51. The van der Waals surface area contributed by atoms with Crippen LogP contribution in [-0.2, 0) is 6.54 Å². The molecule has 2 heteroatoms. The van der Waals surface area contributed by atoms with E-state index in [1.54, 1.807) is 0 Å². The smallest absolute Gasteiger partial charge is 0.136 e. The first-order valence-electron chi connectivity index (χ1n) is 8.66. The fraction of sp³-hybridized carbons (Fsp3) is 0.600. The molecule has 22 heavy (non-hydrogen) atoms. The minimum atomic E-state index is -1.63. The Balaban J connectivity index is 3.28. The number of benzene rings is 1. The van der Waals surface area contributed by atoms with Gasteiger partial charge in [-0.15, -0.1) is 0 Å². The number of hydrogen-bond donors (Lipinski definition) is 0. The molecule has 0 aliphatic heterocycles. The Morgan fingerprint density at radius 3 is 1.77 bits per heavy atom. The molecule has 0 bridgehead atoms. The summed E-state index contributed by atoms with van der Waals surface area (Å²) >= 11 is 0. The van der Waals surface area contributed by atoms with Gasteiger partial charge in [0, 0.05) is 13.1 Å². The second kappa shape index (κ2) is 8.12. The van der Waals surface area contributed by atoms with Gasteiger partial charge in [0.15, 0.2) is 0 Å². The fourth-order valence-corrected chi connectivity index (χ4v) is 11.7. The van der Waals surface area contributed by atoms with E-state index in [9.17, 15) is 0 Å². The van der Waals surface area contributed by atoms with Gasteiger partial charge in [-0.2, -0.15) is 0 Å². The molecule has 0 N–H and O–H groups in total. The normalized spacial score (nSPS) is 12.7. The van der Waals surface area contributed by atoms with Crippen LogP contribution in [0.5, 0.6) is 0 Å². The largest absolute Gasteiger partial charge is 0.315 e. The van der Waals surface area contributed by atoms with Crippen molar-refractivity contribution in [3.8, 4) is 0 Å². The van der Waals surface area contributed by atoms with E-state index in [0.29, 0.717) is 0 Å². The van der Waals surface area contributed by atoms with Crippen LogP contribution in [0, 0.1) is 0 Å². The van der Waals surface area contributed by atoms with Crippen molar-refractivity contribution in [1.29, 1.82) is 0 Å². The average molecular weight is 318 g/mol. The average Bonchev–Trinajstić information content (AvgIpc) is 2.38. The lowest BCUT2D eigenvalue weighted by Crippen LogP contribution is -2.60. The van der Waals surface area contributed by atoms with E-state index in [2.05, 4.69) is 89.9 Å². The highest BCUT2D eigenvalue weighted by atomic mass is 28.3. The molecule has 0 unspecified atom stereocenters. The van der Waals surface area contributed by atoms with Crippen molar-refractivity contribution in [3.63, 3.8) is 0 Å². The van der Waals surface area contributed by atoms with E-state index in [1.807, 2.05) is 0 Å². The molecule has 1 rings (SSSR count). The maximum Gasteiger partial charge on any atom is 0.136 e. The molecule has 0 amide bonds. The molecule has 0 radical (unpaired) electrons. The van der Waals surface area contributed by atoms with Crippen LogP contribution < -0.4 is 0 Å². The van der Waals surface area contributed by atoms with Crippen LogP contribution in [-0.4, -0.2) is 19.3 Å². The molecule has 1 aromatic carbocycles. The van der Waals surface area contributed by atoms with Crippen molar-refractivity contribution >= 4 is 8.24 Å². The third-order valence-corrected chi connectivity index (χ3v) is 12.0. The minimum Gasteiger partial charge on any atom is -0.315 e. The molecule has 0 saturated heterocycles. The Morgan fingerprint density at radius 1 is 0.955 bits per heavy atom. The van der Waals surface area contributed by atoms with Crippen molar-refractivity contribution in [2.45, 2.75) is 71.6 Å².